The second-order valence-corrected chi connectivity index (χ2v) is 3.01. The van der Waals surface area contributed by atoms with Crippen molar-refractivity contribution in [3.8, 4) is 0 Å². The van der Waals surface area contributed by atoms with Gasteiger partial charge in [0.1, 0.15) is 0 Å². The van der Waals surface area contributed by atoms with E-state index in [1.54, 1.807) is 4.68 Å². The van der Waals surface area contributed by atoms with Crippen molar-refractivity contribution in [3.63, 3.8) is 0 Å². The molecule has 1 heterocycles. The monoisotopic (exact) mass is 168 g/mol. The van der Waals surface area contributed by atoms with Crippen LogP contribution in [0.5, 0.6) is 0 Å². The van der Waals surface area contributed by atoms with E-state index in [0.29, 0.717) is 0 Å². The molecule has 3 heteroatoms. The summed E-state index contributed by atoms with van der Waals surface area (Å²) in [6, 6.07) is 0. The zero-order valence-corrected chi connectivity index (χ0v) is 7.98. The van der Waals surface area contributed by atoms with Crippen LogP contribution < -0.4 is 5.56 Å². The fourth-order valence-corrected chi connectivity index (χ4v) is 1.35. The number of aryl methyl sites for hydroxylation is 2. The summed E-state index contributed by atoms with van der Waals surface area (Å²) in [5.74, 6) is 0. The van der Waals surface area contributed by atoms with Gasteiger partial charge in [0.2, 0.25) is 0 Å². The Morgan fingerprint density at radius 1 is 1.42 bits per heavy atom. The van der Waals surface area contributed by atoms with Gasteiger partial charge < -0.3 is 0 Å². The molecule has 0 aliphatic heterocycles. The molecule has 0 saturated carbocycles. The van der Waals surface area contributed by atoms with Gasteiger partial charge in [-0.1, -0.05) is 13.3 Å². The molecule has 0 aliphatic rings. The van der Waals surface area contributed by atoms with Crippen LogP contribution in [0.4, 0.5) is 0 Å². The molecule has 1 rings (SSSR count). The quantitative estimate of drug-likeness (QED) is 0.729. The molecule has 0 amide bonds. The minimum absolute atomic E-state index is 0.126. The van der Waals surface area contributed by atoms with Gasteiger partial charge in [0.25, 0.3) is 5.56 Å². The maximum absolute atomic E-state index is 11.4. The first kappa shape index (κ1) is 9.10. The van der Waals surface area contributed by atoms with E-state index in [1.807, 2.05) is 13.8 Å². The van der Waals surface area contributed by atoms with Crippen LogP contribution in [0.25, 0.3) is 0 Å². The summed E-state index contributed by atoms with van der Waals surface area (Å²) in [6.07, 6.45) is 2.04. The Morgan fingerprint density at radius 3 is 2.50 bits per heavy atom. The molecule has 3 nitrogen and oxygen atoms in total. The number of nitrogens with one attached hydrogen (secondary N) is 1. The minimum atomic E-state index is 0.126. The minimum Gasteiger partial charge on any atom is -0.299 e. The summed E-state index contributed by atoms with van der Waals surface area (Å²) < 4.78 is 1.65. The van der Waals surface area contributed by atoms with E-state index in [4.69, 9.17) is 0 Å². The Kier molecular flexibility index (Phi) is 2.74. The molecule has 0 saturated heterocycles. The third kappa shape index (κ3) is 1.44. The Hall–Kier alpha value is -0.990. The average Bonchev–Trinajstić information content (AvgIpc) is 2.33. The summed E-state index contributed by atoms with van der Waals surface area (Å²) in [5.41, 5.74) is 2.09. The van der Waals surface area contributed by atoms with Crippen molar-refractivity contribution in [2.45, 2.75) is 40.2 Å². The van der Waals surface area contributed by atoms with Crippen molar-refractivity contribution in [2.24, 2.45) is 0 Å². The predicted octanol–water partition coefficient (Wildman–Crippen LogP) is 1.46. The van der Waals surface area contributed by atoms with E-state index in [2.05, 4.69) is 12.0 Å². The molecule has 0 unspecified atom stereocenters. The van der Waals surface area contributed by atoms with Crippen molar-refractivity contribution >= 4 is 0 Å². The highest BCUT2D eigenvalue weighted by Crippen LogP contribution is 2.02. The standard InChI is InChI=1S/C9H16N2O/c1-4-6-8-7(3)9(12)11(5-2)10-8/h10H,4-6H2,1-3H3. The molecule has 0 spiro atoms. The van der Waals surface area contributed by atoms with Crippen molar-refractivity contribution in [1.29, 1.82) is 0 Å². The van der Waals surface area contributed by atoms with Gasteiger partial charge >= 0.3 is 0 Å². The van der Waals surface area contributed by atoms with Crippen LogP contribution >= 0.6 is 0 Å². The van der Waals surface area contributed by atoms with Gasteiger partial charge in [-0.25, -0.2) is 0 Å². The third-order valence-corrected chi connectivity index (χ3v) is 2.10. The zero-order chi connectivity index (χ0) is 9.14. The molecule has 0 fully saturated rings. The maximum Gasteiger partial charge on any atom is 0.269 e. The molecule has 0 aromatic carbocycles. The van der Waals surface area contributed by atoms with Gasteiger partial charge in [-0.15, -0.1) is 0 Å². The molecule has 0 radical (unpaired) electrons. The normalized spacial score (nSPS) is 10.6. The average molecular weight is 168 g/mol. The van der Waals surface area contributed by atoms with Gasteiger partial charge in [-0.05, 0) is 20.3 Å². The SMILES string of the molecule is CCCc1[nH]n(CC)c(=O)c1C. The molecule has 1 aromatic rings. The molecule has 68 valence electrons. The highest BCUT2D eigenvalue weighted by Gasteiger charge is 2.06. The van der Waals surface area contributed by atoms with Crippen molar-refractivity contribution in [2.75, 3.05) is 0 Å². The van der Waals surface area contributed by atoms with E-state index in [-0.39, 0.29) is 5.56 Å². The summed E-state index contributed by atoms with van der Waals surface area (Å²) >= 11 is 0. The lowest BCUT2D eigenvalue weighted by molar-refractivity contribution is 0.625. The van der Waals surface area contributed by atoms with Gasteiger partial charge in [-0.2, -0.15) is 0 Å². The number of H-pyrrole nitrogens is 1. The summed E-state index contributed by atoms with van der Waals surface area (Å²) in [4.78, 5) is 11.4. The van der Waals surface area contributed by atoms with Crippen LogP contribution in [-0.2, 0) is 13.0 Å². The van der Waals surface area contributed by atoms with E-state index in [0.717, 1.165) is 30.6 Å². The van der Waals surface area contributed by atoms with Crippen molar-refractivity contribution in [1.82, 2.24) is 9.78 Å². The van der Waals surface area contributed by atoms with Crippen molar-refractivity contribution in [3.05, 3.63) is 21.6 Å². The van der Waals surface area contributed by atoms with Crippen LogP contribution in [0.1, 0.15) is 31.5 Å². The number of rotatable bonds is 3. The van der Waals surface area contributed by atoms with E-state index in [9.17, 15) is 4.79 Å². The smallest absolute Gasteiger partial charge is 0.269 e. The molecule has 0 atom stereocenters. The fraction of sp³-hybridized carbons (Fsp3) is 0.667. The van der Waals surface area contributed by atoms with Crippen LogP contribution in [-0.4, -0.2) is 9.78 Å². The van der Waals surface area contributed by atoms with Gasteiger partial charge in [-0.3, -0.25) is 14.6 Å². The highest BCUT2D eigenvalue weighted by atomic mass is 16.1. The molecular weight excluding hydrogens is 152 g/mol. The lowest BCUT2D eigenvalue weighted by Gasteiger charge is -1.95. The lowest BCUT2D eigenvalue weighted by atomic mass is 10.2. The Balaban J connectivity index is 3.07. The lowest BCUT2D eigenvalue weighted by Crippen LogP contribution is -2.16. The first-order valence-corrected chi connectivity index (χ1v) is 4.49. The largest absolute Gasteiger partial charge is 0.299 e. The number of hydrogen-bond donors (Lipinski definition) is 1. The second kappa shape index (κ2) is 3.61. The number of hydrogen-bond acceptors (Lipinski definition) is 1. The summed E-state index contributed by atoms with van der Waals surface area (Å²) in [6.45, 7) is 6.69. The maximum atomic E-state index is 11.4. The number of aromatic amines is 1. The van der Waals surface area contributed by atoms with Crippen LogP contribution in [0.2, 0.25) is 0 Å². The van der Waals surface area contributed by atoms with E-state index >= 15 is 0 Å². The number of aromatic nitrogens is 2. The van der Waals surface area contributed by atoms with Gasteiger partial charge in [0, 0.05) is 17.8 Å². The Labute approximate surface area is 72.4 Å². The van der Waals surface area contributed by atoms with E-state index < -0.39 is 0 Å². The predicted molar refractivity (Wildman–Crippen MR) is 49.5 cm³/mol. The first-order chi connectivity index (χ1) is 5.70. The van der Waals surface area contributed by atoms with Crippen LogP contribution in [0.15, 0.2) is 4.79 Å². The molecule has 1 aromatic heterocycles. The molecular formula is C9H16N2O. The topological polar surface area (TPSA) is 37.8 Å². The highest BCUT2D eigenvalue weighted by molar-refractivity contribution is 5.15. The Morgan fingerprint density at radius 2 is 2.08 bits per heavy atom. The fourth-order valence-electron chi connectivity index (χ4n) is 1.35. The molecule has 1 N–H and O–H groups in total. The second-order valence-electron chi connectivity index (χ2n) is 3.01. The Bertz CT molecular complexity index is 309. The van der Waals surface area contributed by atoms with Gasteiger partial charge in [0.05, 0.1) is 0 Å². The summed E-state index contributed by atoms with van der Waals surface area (Å²) in [7, 11) is 0. The van der Waals surface area contributed by atoms with Gasteiger partial charge in [0.15, 0.2) is 0 Å². The van der Waals surface area contributed by atoms with Crippen LogP contribution in [0.3, 0.4) is 0 Å². The van der Waals surface area contributed by atoms with E-state index in [1.165, 1.54) is 0 Å². The van der Waals surface area contributed by atoms with Crippen molar-refractivity contribution < 1.29 is 0 Å². The third-order valence-electron chi connectivity index (χ3n) is 2.10. The molecule has 12 heavy (non-hydrogen) atoms. The summed E-state index contributed by atoms with van der Waals surface area (Å²) in [5, 5.41) is 3.10. The number of nitrogens with zero attached hydrogens (tertiary/aromatic N) is 1. The molecule has 0 bridgehead atoms. The molecule has 0 aliphatic carbocycles. The first-order valence-electron chi connectivity index (χ1n) is 4.49. The zero-order valence-electron chi connectivity index (χ0n) is 7.98. The van der Waals surface area contributed by atoms with Crippen LogP contribution in [0, 0.1) is 6.92 Å².